The van der Waals surface area contributed by atoms with E-state index in [0.29, 0.717) is 12.3 Å². The van der Waals surface area contributed by atoms with Crippen LogP contribution in [0.2, 0.25) is 0 Å². The molecule has 1 saturated heterocycles. The Morgan fingerprint density at radius 1 is 1.19 bits per heavy atom. The number of nitrogens with one attached hydrogen (secondary N) is 2. The molecular formula is C20H23N3O3. The Bertz CT molecular complexity index is 711. The van der Waals surface area contributed by atoms with Gasteiger partial charge in [0.05, 0.1) is 18.0 Å². The van der Waals surface area contributed by atoms with E-state index in [1.807, 2.05) is 54.6 Å². The normalized spacial score (nSPS) is 16.5. The third kappa shape index (κ3) is 5.89. The second-order valence-corrected chi connectivity index (χ2v) is 6.03. The number of para-hydroxylation sites is 1. The highest BCUT2D eigenvalue weighted by Gasteiger charge is 2.16. The van der Waals surface area contributed by atoms with Crippen molar-refractivity contribution in [1.82, 2.24) is 5.32 Å². The fourth-order valence-corrected chi connectivity index (χ4v) is 2.58. The van der Waals surface area contributed by atoms with E-state index in [-0.39, 0.29) is 18.6 Å². The van der Waals surface area contributed by atoms with Crippen LogP contribution in [0, 0.1) is 0 Å². The number of amides is 1. The van der Waals surface area contributed by atoms with Crippen molar-refractivity contribution in [2.45, 2.75) is 18.9 Å². The van der Waals surface area contributed by atoms with E-state index in [1.165, 1.54) is 0 Å². The Morgan fingerprint density at radius 3 is 2.73 bits per heavy atom. The highest BCUT2D eigenvalue weighted by molar-refractivity contribution is 5.80. The molecule has 1 amide bonds. The monoisotopic (exact) mass is 353 g/mol. The number of anilines is 1. The maximum Gasteiger partial charge on any atom is 0.258 e. The Hall–Kier alpha value is -2.86. The number of ether oxygens (including phenoxy) is 2. The maximum absolute atomic E-state index is 11.8. The first-order valence-corrected chi connectivity index (χ1v) is 8.75. The van der Waals surface area contributed by atoms with E-state index in [0.717, 1.165) is 30.7 Å². The van der Waals surface area contributed by atoms with Crippen LogP contribution in [0.1, 0.15) is 18.4 Å². The molecule has 1 fully saturated rings. The fourth-order valence-electron chi connectivity index (χ4n) is 2.58. The number of carbonyl (C=O) groups is 1. The minimum absolute atomic E-state index is 0.00425. The summed E-state index contributed by atoms with van der Waals surface area (Å²) in [4.78, 5) is 11.8. The summed E-state index contributed by atoms with van der Waals surface area (Å²) in [5.41, 5.74) is 4.82. The van der Waals surface area contributed by atoms with Crippen LogP contribution in [0.4, 0.5) is 5.69 Å². The van der Waals surface area contributed by atoms with Crippen LogP contribution < -0.4 is 15.5 Å². The van der Waals surface area contributed by atoms with Gasteiger partial charge in [-0.05, 0) is 54.8 Å². The molecule has 0 saturated carbocycles. The van der Waals surface area contributed by atoms with Gasteiger partial charge in [0.2, 0.25) is 0 Å². The molecule has 1 heterocycles. The first-order valence-electron chi connectivity index (χ1n) is 8.75. The van der Waals surface area contributed by atoms with Gasteiger partial charge in [0.15, 0.2) is 6.61 Å². The highest BCUT2D eigenvalue weighted by Crippen LogP contribution is 2.12. The van der Waals surface area contributed by atoms with Crippen molar-refractivity contribution in [3.8, 4) is 5.75 Å². The molecule has 0 spiro atoms. The number of nitrogens with zero attached hydrogens (tertiary/aromatic N) is 1. The first kappa shape index (κ1) is 17.9. The minimum atomic E-state index is -0.141. The number of hydrogen-bond donors (Lipinski definition) is 2. The van der Waals surface area contributed by atoms with E-state index in [9.17, 15) is 4.79 Å². The van der Waals surface area contributed by atoms with Gasteiger partial charge in [-0.3, -0.25) is 10.2 Å². The van der Waals surface area contributed by atoms with Gasteiger partial charge >= 0.3 is 0 Å². The molecule has 0 bridgehead atoms. The molecular weight excluding hydrogens is 330 g/mol. The molecule has 26 heavy (non-hydrogen) atoms. The Kier molecular flexibility index (Phi) is 6.61. The lowest BCUT2D eigenvalue weighted by Crippen LogP contribution is -2.35. The van der Waals surface area contributed by atoms with Crippen molar-refractivity contribution < 1.29 is 14.3 Å². The zero-order chi connectivity index (χ0) is 18.0. The van der Waals surface area contributed by atoms with Gasteiger partial charge in [0.25, 0.3) is 5.91 Å². The van der Waals surface area contributed by atoms with E-state index in [2.05, 4.69) is 15.8 Å². The standard InChI is InChI=1S/C20H23N3O3/c24-20(21-14-19-7-4-12-25-19)15-26-18-10-8-16(9-11-18)13-22-23-17-5-2-1-3-6-17/h1-3,5-6,8-11,13,19,23H,4,7,12,14-15H2,(H,21,24). The van der Waals surface area contributed by atoms with E-state index >= 15 is 0 Å². The van der Waals surface area contributed by atoms with Crippen LogP contribution in [0.3, 0.4) is 0 Å². The molecule has 0 radical (unpaired) electrons. The van der Waals surface area contributed by atoms with Crippen LogP contribution in [-0.4, -0.2) is 38.0 Å². The van der Waals surface area contributed by atoms with E-state index in [4.69, 9.17) is 9.47 Å². The quantitative estimate of drug-likeness (QED) is 0.565. The van der Waals surface area contributed by atoms with Crippen molar-refractivity contribution >= 4 is 17.8 Å². The molecule has 2 N–H and O–H groups in total. The summed E-state index contributed by atoms with van der Waals surface area (Å²) in [5.74, 6) is 0.503. The molecule has 2 aromatic rings. The smallest absolute Gasteiger partial charge is 0.258 e. The molecule has 3 rings (SSSR count). The predicted octanol–water partition coefficient (Wildman–Crippen LogP) is 2.81. The Morgan fingerprint density at radius 2 is 2.00 bits per heavy atom. The highest BCUT2D eigenvalue weighted by atomic mass is 16.5. The van der Waals surface area contributed by atoms with Crippen molar-refractivity contribution in [1.29, 1.82) is 0 Å². The largest absolute Gasteiger partial charge is 0.484 e. The van der Waals surface area contributed by atoms with Crippen molar-refractivity contribution in [2.75, 3.05) is 25.2 Å². The lowest BCUT2D eigenvalue weighted by Gasteiger charge is -2.11. The van der Waals surface area contributed by atoms with Gasteiger partial charge in [-0.15, -0.1) is 0 Å². The van der Waals surface area contributed by atoms with Gasteiger partial charge in [-0.2, -0.15) is 5.10 Å². The van der Waals surface area contributed by atoms with Crippen LogP contribution >= 0.6 is 0 Å². The van der Waals surface area contributed by atoms with Crippen LogP contribution in [-0.2, 0) is 9.53 Å². The van der Waals surface area contributed by atoms with Crippen LogP contribution in [0.5, 0.6) is 5.75 Å². The molecule has 0 aliphatic carbocycles. The Labute approximate surface area is 153 Å². The summed E-state index contributed by atoms with van der Waals surface area (Å²) < 4.78 is 11.0. The Balaban J connectivity index is 1.38. The topological polar surface area (TPSA) is 72.0 Å². The second kappa shape index (κ2) is 9.58. The summed E-state index contributed by atoms with van der Waals surface area (Å²) in [7, 11) is 0. The molecule has 1 aliphatic heterocycles. The van der Waals surface area contributed by atoms with E-state index < -0.39 is 0 Å². The predicted molar refractivity (Wildman–Crippen MR) is 102 cm³/mol. The molecule has 1 aliphatic rings. The van der Waals surface area contributed by atoms with Crippen LogP contribution in [0.25, 0.3) is 0 Å². The molecule has 0 aromatic heterocycles. The molecule has 6 heteroatoms. The zero-order valence-electron chi connectivity index (χ0n) is 14.6. The average molecular weight is 353 g/mol. The molecule has 1 atom stereocenters. The van der Waals surface area contributed by atoms with Gasteiger partial charge in [-0.25, -0.2) is 0 Å². The van der Waals surface area contributed by atoms with Crippen molar-refractivity contribution in [3.63, 3.8) is 0 Å². The van der Waals surface area contributed by atoms with E-state index in [1.54, 1.807) is 6.21 Å². The fraction of sp³-hybridized carbons (Fsp3) is 0.300. The molecule has 2 aromatic carbocycles. The summed E-state index contributed by atoms with van der Waals surface area (Å²) in [6, 6.07) is 17.1. The summed E-state index contributed by atoms with van der Waals surface area (Å²) in [6.45, 7) is 1.33. The lowest BCUT2D eigenvalue weighted by atomic mass is 10.2. The number of rotatable bonds is 8. The number of hydrogen-bond acceptors (Lipinski definition) is 5. The summed E-state index contributed by atoms with van der Waals surface area (Å²) in [6.07, 6.45) is 3.93. The average Bonchev–Trinajstić information content (AvgIpc) is 3.20. The number of hydrazone groups is 1. The molecule has 6 nitrogen and oxygen atoms in total. The summed E-state index contributed by atoms with van der Waals surface area (Å²) in [5, 5.41) is 7.02. The maximum atomic E-state index is 11.8. The van der Waals surface area contributed by atoms with Crippen molar-refractivity contribution in [3.05, 3.63) is 60.2 Å². The first-order chi connectivity index (χ1) is 12.8. The lowest BCUT2D eigenvalue weighted by molar-refractivity contribution is -0.123. The van der Waals surface area contributed by atoms with Gasteiger partial charge in [-0.1, -0.05) is 18.2 Å². The third-order valence-corrected chi connectivity index (χ3v) is 3.98. The third-order valence-electron chi connectivity index (χ3n) is 3.98. The van der Waals surface area contributed by atoms with Crippen LogP contribution in [0.15, 0.2) is 59.7 Å². The summed E-state index contributed by atoms with van der Waals surface area (Å²) >= 11 is 0. The van der Waals surface area contributed by atoms with Gasteiger partial charge < -0.3 is 14.8 Å². The SMILES string of the molecule is O=C(COc1ccc(C=NNc2ccccc2)cc1)NCC1CCCO1. The molecule has 136 valence electrons. The van der Waals surface area contributed by atoms with Crippen molar-refractivity contribution in [2.24, 2.45) is 5.10 Å². The second-order valence-electron chi connectivity index (χ2n) is 6.03. The molecule has 1 unspecified atom stereocenters. The minimum Gasteiger partial charge on any atom is -0.484 e. The van der Waals surface area contributed by atoms with Gasteiger partial charge in [0, 0.05) is 13.2 Å². The zero-order valence-corrected chi connectivity index (χ0v) is 14.6. The number of benzene rings is 2. The van der Waals surface area contributed by atoms with Gasteiger partial charge in [0.1, 0.15) is 5.75 Å². The number of carbonyl (C=O) groups excluding carboxylic acids is 1.